The summed E-state index contributed by atoms with van der Waals surface area (Å²) in [5.74, 6) is 0. The summed E-state index contributed by atoms with van der Waals surface area (Å²) in [5.41, 5.74) is 1.23. The minimum Gasteiger partial charge on any atom is -0.353 e. The molecule has 0 heterocycles. The Kier molecular flexibility index (Phi) is 8.07. The molecular weight excluding hydrogens is 262 g/mol. The van der Waals surface area contributed by atoms with Crippen LogP contribution in [-0.4, -0.2) is 26.0 Å². The number of rotatable bonds is 9. The normalized spacial score (nSPS) is 12.9. The molecule has 3 nitrogen and oxygen atoms in total. The molecule has 0 aliphatic carbocycles. The number of hydrogen-bond donors (Lipinski definition) is 1. The van der Waals surface area contributed by atoms with Gasteiger partial charge in [0.05, 0.1) is 0 Å². The third-order valence-corrected chi connectivity index (χ3v) is 3.16. The summed E-state index contributed by atoms with van der Waals surface area (Å²) >= 11 is 5.88. The first kappa shape index (κ1) is 16.4. The van der Waals surface area contributed by atoms with Crippen LogP contribution in [0.5, 0.6) is 0 Å². The molecule has 0 fully saturated rings. The highest BCUT2D eigenvalue weighted by Gasteiger charge is 2.09. The van der Waals surface area contributed by atoms with Gasteiger partial charge in [-0.2, -0.15) is 0 Å². The maximum Gasteiger partial charge on any atom is 0.158 e. The first-order valence-corrected chi connectivity index (χ1v) is 7.27. The molecule has 0 saturated carbocycles. The van der Waals surface area contributed by atoms with E-state index in [2.05, 4.69) is 12.2 Å². The lowest BCUT2D eigenvalue weighted by Gasteiger charge is -2.19. The van der Waals surface area contributed by atoms with Gasteiger partial charge in [-0.25, -0.2) is 0 Å². The minimum atomic E-state index is -0.111. The van der Waals surface area contributed by atoms with Crippen LogP contribution >= 0.6 is 11.6 Å². The number of hydrogen-bond acceptors (Lipinski definition) is 3. The first-order valence-electron chi connectivity index (χ1n) is 6.89. The Morgan fingerprint density at radius 2 is 1.68 bits per heavy atom. The highest BCUT2D eigenvalue weighted by atomic mass is 35.5. The van der Waals surface area contributed by atoms with Crippen LogP contribution in [0.15, 0.2) is 24.3 Å². The third-order valence-electron chi connectivity index (χ3n) is 2.91. The van der Waals surface area contributed by atoms with Crippen LogP contribution < -0.4 is 5.32 Å². The highest BCUT2D eigenvalue weighted by molar-refractivity contribution is 6.30. The Bertz CT molecular complexity index is 337. The van der Waals surface area contributed by atoms with Gasteiger partial charge in [-0.15, -0.1) is 0 Å². The van der Waals surface area contributed by atoms with Crippen LogP contribution in [0.1, 0.15) is 38.8 Å². The van der Waals surface area contributed by atoms with E-state index in [0.29, 0.717) is 19.3 Å². The Morgan fingerprint density at radius 1 is 1.11 bits per heavy atom. The van der Waals surface area contributed by atoms with E-state index in [0.717, 1.165) is 18.0 Å². The van der Waals surface area contributed by atoms with E-state index >= 15 is 0 Å². The van der Waals surface area contributed by atoms with Gasteiger partial charge in [0.15, 0.2) is 6.29 Å². The molecule has 19 heavy (non-hydrogen) atoms. The second kappa shape index (κ2) is 9.32. The molecular formula is C15H24ClNO2. The largest absolute Gasteiger partial charge is 0.353 e. The van der Waals surface area contributed by atoms with Gasteiger partial charge in [0.25, 0.3) is 0 Å². The molecule has 0 aliphatic rings. The molecule has 1 aromatic rings. The number of benzene rings is 1. The average molecular weight is 286 g/mol. The zero-order valence-corrected chi connectivity index (χ0v) is 12.7. The molecule has 108 valence electrons. The monoisotopic (exact) mass is 285 g/mol. The molecule has 1 N–H and O–H groups in total. The summed E-state index contributed by atoms with van der Waals surface area (Å²) in [6.45, 7) is 8.31. The van der Waals surface area contributed by atoms with Crippen molar-refractivity contribution in [1.29, 1.82) is 0 Å². The molecule has 0 radical (unpaired) electrons. The van der Waals surface area contributed by atoms with E-state index in [9.17, 15) is 0 Å². The zero-order valence-electron chi connectivity index (χ0n) is 12.0. The summed E-state index contributed by atoms with van der Waals surface area (Å²) in [7, 11) is 0. The van der Waals surface area contributed by atoms with Gasteiger partial charge in [-0.3, -0.25) is 0 Å². The molecule has 0 aliphatic heterocycles. The van der Waals surface area contributed by atoms with Gasteiger partial charge in [0, 0.05) is 37.2 Å². The predicted octanol–water partition coefficient (Wildman–Crippen LogP) is 3.78. The fraction of sp³-hybridized carbons (Fsp3) is 0.600. The van der Waals surface area contributed by atoms with Crippen molar-refractivity contribution < 1.29 is 9.47 Å². The fourth-order valence-corrected chi connectivity index (χ4v) is 2.00. The summed E-state index contributed by atoms with van der Waals surface area (Å²) in [6, 6.07) is 8.21. The Labute approximate surface area is 121 Å². The van der Waals surface area contributed by atoms with Crippen LogP contribution in [0.3, 0.4) is 0 Å². The van der Waals surface area contributed by atoms with Crippen molar-refractivity contribution in [3.8, 4) is 0 Å². The molecule has 1 unspecified atom stereocenters. The van der Waals surface area contributed by atoms with Gasteiger partial charge in [0.2, 0.25) is 0 Å². The van der Waals surface area contributed by atoms with Crippen molar-refractivity contribution in [2.45, 2.75) is 39.5 Å². The van der Waals surface area contributed by atoms with Crippen LogP contribution in [0, 0.1) is 0 Å². The van der Waals surface area contributed by atoms with Crippen LogP contribution in [-0.2, 0) is 9.47 Å². The summed E-state index contributed by atoms with van der Waals surface area (Å²) in [4.78, 5) is 0. The molecule has 1 rings (SSSR count). The zero-order chi connectivity index (χ0) is 14.1. The topological polar surface area (TPSA) is 30.5 Å². The van der Waals surface area contributed by atoms with Crippen molar-refractivity contribution >= 4 is 11.6 Å². The smallest absolute Gasteiger partial charge is 0.158 e. The fourth-order valence-electron chi connectivity index (χ4n) is 1.87. The van der Waals surface area contributed by atoms with E-state index in [-0.39, 0.29) is 6.29 Å². The lowest BCUT2D eigenvalue weighted by atomic mass is 10.1. The highest BCUT2D eigenvalue weighted by Crippen LogP contribution is 2.16. The molecule has 0 aromatic heterocycles. The third kappa shape index (κ3) is 6.39. The van der Waals surface area contributed by atoms with E-state index in [1.54, 1.807) is 0 Å². The van der Waals surface area contributed by atoms with E-state index in [4.69, 9.17) is 21.1 Å². The minimum absolute atomic E-state index is 0.111. The predicted molar refractivity (Wildman–Crippen MR) is 79.5 cm³/mol. The summed E-state index contributed by atoms with van der Waals surface area (Å²) in [6.07, 6.45) is 0.736. The van der Waals surface area contributed by atoms with Crippen LogP contribution in [0.25, 0.3) is 0 Å². The van der Waals surface area contributed by atoms with Crippen molar-refractivity contribution in [2.75, 3.05) is 19.8 Å². The van der Waals surface area contributed by atoms with E-state index in [1.165, 1.54) is 5.56 Å². The van der Waals surface area contributed by atoms with E-state index < -0.39 is 0 Å². The number of ether oxygens (including phenoxy) is 2. The lowest BCUT2D eigenvalue weighted by Crippen LogP contribution is -2.26. The van der Waals surface area contributed by atoms with Crippen molar-refractivity contribution in [3.05, 3.63) is 34.9 Å². The first-order chi connectivity index (χ1) is 9.17. The van der Waals surface area contributed by atoms with E-state index in [1.807, 2.05) is 38.1 Å². The van der Waals surface area contributed by atoms with Crippen molar-refractivity contribution in [1.82, 2.24) is 5.32 Å². The Balaban J connectivity index is 2.32. The molecule has 0 saturated heterocycles. The Hall–Kier alpha value is -0.610. The summed E-state index contributed by atoms with van der Waals surface area (Å²) < 4.78 is 11.0. The molecule has 1 atom stereocenters. The van der Waals surface area contributed by atoms with Gasteiger partial charge < -0.3 is 14.8 Å². The second-order valence-corrected chi connectivity index (χ2v) is 4.79. The SMILES string of the molecule is CCOC(CCNC(C)c1ccc(Cl)cc1)OCC. The Morgan fingerprint density at radius 3 is 2.21 bits per heavy atom. The lowest BCUT2D eigenvalue weighted by molar-refractivity contribution is -0.138. The van der Waals surface area contributed by atoms with Gasteiger partial charge in [0.1, 0.15) is 0 Å². The maximum atomic E-state index is 5.88. The average Bonchev–Trinajstić information content (AvgIpc) is 2.40. The molecule has 1 aromatic carbocycles. The van der Waals surface area contributed by atoms with Crippen LogP contribution in [0.2, 0.25) is 5.02 Å². The maximum absolute atomic E-state index is 5.88. The molecule has 0 spiro atoms. The molecule has 0 bridgehead atoms. The summed E-state index contributed by atoms with van der Waals surface area (Å²) in [5, 5.41) is 4.23. The van der Waals surface area contributed by atoms with Gasteiger partial charge in [-0.05, 0) is 38.5 Å². The van der Waals surface area contributed by atoms with Crippen molar-refractivity contribution in [3.63, 3.8) is 0 Å². The quantitative estimate of drug-likeness (QED) is 0.701. The molecule has 4 heteroatoms. The second-order valence-electron chi connectivity index (χ2n) is 4.36. The molecule has 0 amide bonds. The number of halogens is 1. The van der Waals surface area contributed by atoms with Crippen molar-refractivity contribution in [2.24, 2.45) is 0 Å². The number of nitrogens with one attached hydrogen (secondary N) is 1. The standard InChI is InChI=1S/C15H24ClNO2/c1-4-18-15(19-5-2)10-11-17-12(3)13-6-8-14(16)9-7-13/h6-9,12,15,17H,4-5,10-11H2,1-3H3. The van der Waals surface area contributed by atoms with Gasteiger partial charge in [-0.1, -0.05) is 23.7 Å². The van der Waals surface area contributed by atoms with Crippen LogP contribution in [0.4, 0.5) is 0 Å². The van der Waals surface area contributed by atoms with Gasteiger partial charge >= 0.3 is 0 Å².